The lowest BCUT2D eigenvalue weighted by Gasteiger charge is -2.58. The van der Waals surface area contributed by atoms with Gasteiger partial charge in [-0.3, -0.25) is 4.79 Å². The summed E-state index contributed by atoms with van der Waals surface area (Å²) in [5.41, 5.74) is 3.19. The predicted molar refractivity (Wildman–Crippen MR) is 119 cm³/mol. The third kappa shape index (κ3) is 3.83. The van der Waals surface area contributed by atoms with Crippen LogP contribution in [0.3, 0.4) is 0 Å². The lowest BCUT2D eigenvalue weighted by Crippen LogP contribution is -2.51. The van der Waals surface area contributed by atoms with Gasteiger partial charge < -0.3 is 14.5 Å². The summed E-state index contributed by atoms with van der Waals surface area (Å²) >= 11 is 0. The average Bonchev–Trinajstić information content (AvgIpc) is 3.01. The molecule has 6 atom stereocenters. The summed E-state index contributed by atoms with van der Waals surface area (Å²) < 4.78 is 5.79. The van der Waals surface area contributed by atoms with Crippen molar-refractivity contribution in [1.82, 2.24) is 4.90 Å². The first-order valence-corrected chi connectivity index (χ1v) is 12.0. The van der Waals surface area contributed by atoms with Crippen LogP contribution in [0.5, 0.6) is 0 Å². The lowest BCUT2D eigenvalue weighted by atomic mass is 9.47. The molecule has 4 aliphatic carbocycles. The molecule has 6 unspecified atom stereocenters. The normalized spacial score (nSPS) is 41.7. The molecule has 0 N–H and O–H groups in total. The molecule has 0 amide bonds. The van der Waals surface area contributed by atoms with Crippen molar-refractivity contribution in [2.75, 3.05) is 27.2 Å². The van der Waals surface area contributed by atoms with Crippen molar-refractivity contribution in [3.05, 3.63) is 11.6 Å². The van der Waals surface area contributed by atoms with Crippen LogP contribution in [0.15, 0.2) is 16.8 Å². The van der Waals surface area contributed by atoms with E-state index in [0.29, 0.717) is 17.9 Å². The van der Waals surface area contributed by atoms with Crippen molar-refractivity contribution in [3.63, 3.8) is 0 Å². The van der Waals surface area contributed by atoms with Crippen LogP contribution in [0.1, 0.15) is 72.1 Å². The summed E-state index contributed by atoms with van der Waals surface area (Å²) in [7, 11) is 4.11. The molecule has 5 nitrogen and oxygen atoms in total. The lowest BCUT2D eigenvalue weighted by molar-refractivity contribution is -0.157. The number of hydrogen-bond donors (Lipinski definition) is 0. The van der Waals surface area contributed by atoms with E-state index >= 15 is 0 Å². The number of allylic oxidation sites excluding steroid dienone is 2. The van der Waals surface area contributed by atoms with E-state index in [1.165, 1.54) is 38.5 Å². The molecule has 0 spiro atoms. The molecule has 0 saturated heterocycles. The first kappa shape index (κ1) is 21.9. The van der Waals surface area contributed by atoms with Gasteiger partial charge in [-0.2, -0.15) is 0 Å². The van der Waals surface area contributed by atoms with Crippen molar-refractivity contribution >= 4 is 11.7 Å². The first-order valence-electron chi connectivity index (χ1n) is 12.0. The van der Waals surface area contributed by atoms with Crippen molar-refractivity contribution in [1.29, 1.82) is 0 Å². The average molecular weight is 417 g/mol. The second kappa shape index (κ2) is 8.29. The number of carbonyl (C=O) groups excluding carboxylic acids is 1. The van der Waals surface area contributed by atoms with Gasteiger partial charge in [-0.15, -0.1) is 0 Å². The minimum atomic E-state index is -0.114. The third-order valence-corrected chi connectivity index (χ3v) is 9.01. The number of oxime groups is 1. The van der Waals surface area contributed by atoms with Crippen LogP contribution in [0, 0.1) is 28.6 Å². The van der Waals surface area contributed by atoms with E-state index in [1.54, 1.807) is 12.5 Å². The summed E-state index contributed by atoms with van der Waals surface area (Å²) in [6.07, 6.45) is 11.9. The van der Waals surface area contributed by atoms with Crippen LogP contribution in [0.4, 0.5) is 0 Å². The van der Waals surface area contributed by atoms with Gasteiger partial charge in [0.15, 0.2) is 0 Å². The molecule has 0 aromatic rings. The summed E-state index contributed by atoms with van der Waals surface area (Å²) in [4.78, 5) is 19.3. The van der Waals surface area contributed by atoms with Gasteiger partial charge in [0.2, 0.25) is 0 Å². The second-order valence-electron chi connectivity index (χ2n) is 10.9. The maximum atomic E-state index is 11.6. The van der Waals surface area contributed by atoms with Gasteiger partial charge >= 0.3 is 5.97 Å². The number of ether oxygens (including phenoxy) is 1. The zero-order valence-electron chi connectivity index (χ0n) is 19.6. The fourth-order valence-electron chi connectivity index (χ4n) is 7.34. The van der Waals surface area contributed by atoms with E-state index in [0.717, 1.165) is 36.9 Å². The first-order chi connectivity index (χ1) is 14.2. The number of likely N-dealkylation sites (N-methyl/N-ethyl adjacent to an activating group) is 1. The van der Waals surface area contributed by atoms with Gasteiger partial charge in [0.05, 0.1) is 5.71 Å². The van der Waals surface area contributed by atoms with Crippen molar-refractivity contribution in [3.8, 4) is 0 Å². The van der Waals surface area contributed by atoms with E-state index < -0.39 is 0 Å². The molecule has 0 heterocycles. The number of hydrogen-bond acceptors (Lipinski definition) is 5. The molecule has 0 aromatic heterocycles. The minimum Gasteiger partial charge on any atom is -0.462 e. The Morgan fingerprint density at radius 2 is 1.93 bits per heavy atom. The Balaban J connectivity index is 1.48. The Bertz CT molecular complexity index is 730. The monoisotopic (exact) mass is 416 g/mol. The highest BCUT2D eigenvalue weighted by Crippen LogP contribution is 2.65. The maximum absolute atomic E-state index is 11.6. The molecular formula is C25H40N2O3. The molecule has 4 aliphatic rings. The smallest absolute Gasteiger partial charge is 0.302 e. The zero-order valence-corrected chi connectivity index (χ0v) is 19.6. The molecule has 3 saturated carbocycles. The number of esters is 1. The van der Waals surface area contributed by atoms with E-state index in [2.05, 4.69) is 44.1 Å². The van der Waals surface area contributed by atoms with E-state index in [1.807, 2.05) is 0 Å². The van der Waals surface area contributed by atoms with Gasteiger partial charge in [0.1, 0.15) is 12.7 Å². The van der Waals surface area contributed by atoms with Gasteiger partial charge in [-0.05, 0) is 94.7 Å². The van der Waals surface area contributed by atoms with E-state index in [-0.39, 0.29) is 17.5 Å². The fraction of sp³-hybridized carbons (Fsp3) is 0.840. The van der Waals surface area contributed by atoms with Gasteiger partial charge in [-0.25, -0.2) is 0 Å². The highest BCUT2D eigenvalue weighted by molar-refractivity contribution is 5.96. The molecule has 168 valence electrons. The quantitative estimate of drug-likeness (QED) is 0.366. The predicted octanol–water partition coefficient (Wildman–Crippen LogP) is 4.82. The van der Waals surface area contributed by atoms with Crippen LogP contribution in [0.25, 0.3) is 0 Å². The van der Waals surface area contributed by atoms with Crippen molar-refractivity contribution in [2.45, 2.75) is 78.2 Å². The molecule has 0 aliphatic heterocycles. The van der Waals surface area contributed by atoms with Crippen molar-refractivity contribution in [2.24, 2.45) is 33.7 Å². The Hall–Kier alpha value is -1.36. The number of fused-ring (bicyclic) bond motifs is 5. The van der Waals surface area contributed by atoms with Crippen LogP contribution >= 0.6 is 0 Å². The topological polar surface area (TPSA) is 51.1 Å². The number of nitrogens with zero attached hydrogens (tertiary/aromatic N) is 2. The fourth-order valence-corrected chi connectivity index (χ4v) is 7.34. The van der Waals surface area contributed by atoms with Crippen molar-refractivity contribution < 1.29 is 14.4 Å². The molecule has 3 fully saturated rings. The zero-order chi connectivity index (χ0) is 21.5. The number of carbonyl (C=O) groups is 1. The Morgan fingerprint density at radius 3 is 2.67 bits per heavy atom. The van der Waals surface area contributed by atoms with E-state index in [9.17, 15) is 4.79 Å². The number of rotatable bonds is 5. The molecule has 0 aromatic carbocycles. The second-order valence-corrected chi connectivity index (χ2v) is 10.9. The summed E-state index contributed by atoms with van der Waals surface area (Å²) in [6, 6.07) is 0. The summed E-state index contributed by atoms with van der Waals surface area (Å²) in [5, 5.41) is 4.45. The van der Waals surface area contributed by atoms with Crippen LogP contribution in [-0.4, -0.2) is 49.9 Å². The largest absolute Gasteiger partial charge is 0.462 e. The minimum absolute atomic E-state index is 0.114. The SMILES string of the molecule is CC(=O)OC1CCC2C3CCC4=C/C(=N\OCCN(C)C)CCC4(C)C3CCC12C. The van der Waals surface area contributed by atoms with Gasteiger partial charge in [-0.1, -0.05) is 24.6 Å². The van der Waals surface area contributed by atoms with Crippen LogP contribution < -0.4 is 0 Å². The summed E-state index contributed by atoms with van der Waals surface area (Å²) in [5.74, 6) is 2.10. The highest BCUT2D eigenvalue weighted by Gasteiger charge is 2.59. The van der Waals surface area contributed by atoms with Gasteiger partial charge in [0, 0.05) is 18.9 Å². The summed E-state index contributed by atoms with van der Waals surface area (Å²) in [6.45, 7) is 8.01. The maximum Gasteiger partial charge on any atom is 0.302 e. The standard InChI is InChI=1S/C25H40N2O3/c1-17(28)30-23-9-8-21-20-7-6-18-16-19(26-29-15-14-27(4)5)10-12-24(18,2)22(20)11-13-25(21,23)3/h16,20-23H,6-15H2,1-5H3/b26-19-. The van der Waals surface area contributed by atoms with Crippen LogP contribution in [-0.2, 0) is 14.4 Å². The van der Waals surface area contributed by atoms with E-state index in [4.69, 9.17) is 9.57 Å². The Morgan fingerprint density at radius 1 is 1.13 bits per heavy atom. The Labute approximate surface area is 182 Å². The molecule has 4 rings (SSSR count). The molecular weight excluding hydrogens is 376 g/mol. The molecule has 30 heavy (non-hydrogen) atoms. The molecule has 0 radical (unpaired) electrons. The molecule has 0 bridgehead atoms. The third-order valence-electron chi connectivity index (χ3n) is 9.01. The Kier molecular flexibility index (Phi) is 6.04. The highest BCUT2D eigenvalue weighted by atomic mass is 16.6. The van der Waals surface area contributed by atoms with Crippen LogP contribution in [0.2, 0.25) is 0 Å². The van der Waals surface area contributed by atoms with Gasteiger partial charge in [0.25, 0.3) is 0 Å². The molecule has 5 heteroatoms.